The largest absolute Gasteiger partial charge is 0.370 e. The third-order valence-electron chi connectivity index (χ3n) is 2.34. The standard InChI is InChI=1S/C10H22N4O2/c1-13(5-3-9(11)15)7-8-14(2)6-4-10(12)16/h3-8H2,1-2H3,(H2,11,15)(H2,12,16). The van der Waals surface area contributed by atoms with Gasteiger partial charge in [0.2, 0.25) is 11.8 Å². The van der Waals surface area contributed by atoms with Gasteiger partial charge in [0.05, 0.1) is 0 Å². The summed E-state index contributed by atoms with van der Waals surface area (Å²) in [6.07, 6.45) is 0.753. The van der Waals surface area contributed by atoms with Crippen LogP contribution in [-0.4, -0.2) is 61.9 Å². The van der Waals surface area contributed by atoms with Gasteiger partial charge in [0, 0.05) is 39.0 Å². The number of rotatable bonds is 9. The molecule has 16 heavy (non-hydrogen) atoms. The van der Waals surface area contributed by atoms with Crippen molar-refractivity contribution < 1.29 is 9.59 Å². The lowest BCUT2D eigenvalue weighted by Gasteiger charge is -2.21. The molecule has 0 radical (unpaired) electrons. The van der Waals surface area contributed by atoms with Gasteiger partial charge in [0.25, 0.3) is 0 Å². The van der Waals surface area contributed by atoms with Gasteiger partial charge < -0.3 is 21.3 Å². The Labute approximate surface area is 96.5 Å². The average molecular weight is 230 g/mol. The summed E-state index contributed by atoms with van der Waals surface area (Å²) in [6, 6.07) is 0. The van der Waals surface area contributed by atoms with Gasteiger partial charge in [-0.2, -0.15) is 0 Å². The minimum Gasteiger partial charge on any atom is -0.370 e. The van der Waals surface area contributed by atoms with Crippen molar-refractivity contribution in [1.29, 1.82) is 0 Å². The molecule has 0 fully saturated rings. The number of carbonyl (C=O) groups is 2. The molecule has 6 nitrogen and oxygen atoms in total. The molecule has 0 aliphatic carbocycles. The molecule has 0 aliphatic heterocycles. The summed E-state index contributed by atoms with van der Waals surface area (Å²) < 4.78 is 0. The molecule has 0 unspecified atom stereocenters. The Kier molecular flexibility index (Phi) is 7.49. The zero-order valence-electron chi connectivity index (χ0n) is 10.1. The number of likely N-dealkylation sites (N-methyl/N-ethyl adjacent to an activating group) is 2. The van der Waals surface area contributed by atoms with E-state index < -0.39 is 0 Å². The van der Waals surface area contributed by atoms with Crippen LogP contribution in [0, 0.1) is 0 Å². The van der Waals surface area contributed by atoms with E-state index in [4.69, 9.17) is 11.5 Å². The SMILES string of the molecule is CN(CCC(N)=O)CCN(C)CCC(N)=O. The fraction of sp³-hybridized carbons (Fsp3) is 0.800. The van der Waals surface area contributed by atoms with Crippen molar-refractivity contribution in [1.82, 2.24) is 9.80 Å². The number of amides is 2. The maximum atomic E-state index is 10.6. The van der Waals surface area contributed by atoms with Gasteiger partial charge in [0.15, 0.2) is 0 Å². The van der Waals surface area contributed by atoms with Crippen LogP contribution in [0.4, 0.5) is 0 Å². The first kappa shape index (κ1) is 14.9. The third-order valence-corrected chi connectivity index (χ3v) is 2.34. The molecular formula is C10H22N4O2. The maximum absolute atomic E-state index is 10.6. The van der Waals surface area contributed by atoms with Crippen molar-refractivity contribution in [3.63, 3.8) is 0 Å². The lowest BCUT2D eigenvalue weighted by molar-refractivity contribution is -0.119. The summed E-state index contributed by atoms with van der Waals surface area (Å²) in [6.45, 7) is 3.00. The molecule has 4 N–H and O–H groups in total. The van der Waals surface area contributed by atoms with Crippen molar-refractivity contribution in [3.8, 4) is 0 Å². The van der Waals surface area contributed by atoms with Crippen molar-refractivity contribution in [2.24, 2.45) is 11.5 Å². The Morgan fingerprint density at radius 2 is 1.12 bits per heavy atom. The Hall–Kier alpha value is -1.14. The van der Waals surface area contributed by atoms with Gasteiger partial charge in [0.1, 0.15) is 0 Å². The van der Waals surface area contributed by atoms with Crippen LogP contribution >= 0.6 is 0 Å². The fourth-order valence-corrected chi connectivity index (χ4v) is 1.17. The second-order valence-electron chi connectivity index (χ2n) is 4.04. The third kappa shape index (κ3) is 9.42. The second-order valence-corrected chi connectivity index (χ2v) is 4.04. The zero-order valence-corrected chi connectivity index (χ0v) is 10.1. The molecular weight excluding hydrogens is 208 g/mol. The van der Waals surface area contributed by atoms with Crippen molar-refractivity contribution in [2.75, 3.05) is 40.3 Å². The monoisotopic (exact) mass is 230 g/mol. The Morgan fingerprint density at radius 1 is 0.812 bits per heavy atom. The van der Waals surface area contributed by atoms with E-state index in [-0.39, 0.29) is 11.8 Å². The summed E-state index contributed by atoms with van der Waals surface area (Å²) in [4.78, 5) is 25.2. The summed E-state index contributed by atoms with van der Waals surface area (Å²) in [7, 11) is 3.87. The summed E-state index contributed by atoms with van der Waals surface area (Å²) in [5, 5.41) is 0. The number of nitrogens with zero attached hydrogens (tertiary/aromatic N) is 2. The lowest BCUT2D eigenvalue weighted by Crippen LogP contribution is -2.34. The summed E-state index contributed by atoms with van der Waals surface area (Å²) >= 11 is 0. The first-order chi connectivity index (χ1) is 7.41. The zero-order chi connectivity index (χ0) is 12.6. The Morgan fingerprint density at radius 3 is 1.38 bits per heavy atom. The Balaban J connectivity index is 3.54. The van der Waals surface area contributed by atoms with E-state index in [0.29, 0.717) is 25.9 Å². The quantitative estimate of drug-likeness (QED) is 0.509. The molecule has 0 spiro atoms. The molecule has 94 valence electrons. The van der Waals surface area contributed by atoms with Crippen molar-refractivity contribution in [2.45, 2.75) is 12.8 Å². The van der Waals surface area contributed by atoms with E-state index in [1.54, 1.807) is 0 Å². The highest BCUT2D eigenvalue weighted by Crippen LogP contribution is 1.91. The molecule has 0 aromatic heterocycles. The first-order valence-electron chi connectivity index (χ1n) is 5.35. The van der Waals surface area contributed by atoms with Crippen LogP contribution in [0.25, 0.3) is 0 Å². The van der Waals surface area contributed by atoms with Crippen molar-refractivity contribution >= 4 is 11.8 Å². The molecule has 0 aromatic rings. The molecule has 6 heteroatoms. The highest BCUT2D eigenvalue weighted by atomic mass is 16.1. The number of carbonyl (C=O) groups excluding carboxylic acids is 2. The molecule has 0 rings (SSSR count). The molecule has 0 aromatic carbocycles. The van der Waals surface area contributed by atoms with E-state index in [1.807, 2.05) is 23.9 Å². The van der Waals surface area contributed by atoms with Crippen LogP contribution in [0.1, 0.15) is 12.8 Å². The average Bonchev–Trinajstić information content (AvgIpc) is 2.20. The molecule has 0 saturated carbocycles. The molecule has 0 atom stereocenters. The highest BCUT2D eigenvalue weighted by molar-refractivity contribution is 5.74. The smallest absolute Gasteiger partial charge is 0.218 e. The second kappa shape index (κ2) is 8.06. The number of nitrogens with two attached hydrogens (primary N) is 2. The summed E-state index contributed by atoms with van der Waals surface area (Å²) in [5.41, 5.74) is 10.1. The van der Waals surface area contributed by atoms with Gasteiger partial charge in [-0.05, 0) is 14.1 Å². The van der Waals surface area contributed by atoms with Gasteiger partial charge >= 0.3 is 0 Å². The number of hydrogen-bond acceptors (Lipinski definition) is 4. The van der Waals surface area contributed by atoms with Crippen LogP contribution in [0.5, 0.6) is 0 Å². The minimum atomic E-state index is -0.283. The molecule has 0 bridgehead atoms. The Bertz CT molecular complexity index is 209. The van der Waals surface area contributed by atoms with E-state index in [1.165, 1.54) is 0 Å². The molecule has 0 aliphatic rings. The van der Waals surface area contributed by atoms with Gasteiger partial charge in [-0.3, -0.25) is 9.59 Å². The van der Waals surface area contributed by atoms with Gasteiger partial charge in [-0.1, -0.05) is 0 Å². The normalized spacial score (nSPS) is 11.0. The van der Waals surface area contributed by atoms with E-state index in [9.17, 15) is 9.59 Å². The lowest BCUT2D eigenvalue weighted by atomic mass is 10.3. The number of hydrogen-bond donors (Lipinski definition) is 2. The molecule has 0 heterocycles. The molecule has 0 saturated heterocycles. The highest BCUT2D eigenvalue weighted by Gasteiger charge is 2.04. The predicted molar refractivity (Wildman–Crippen MR) is 62.6 cm³/mol. The topological polar surface area (TPSA) is 92.7 Å². The maximum Gasteiger partial charge on any atom is 0.218 e. The first-order valence-corrected chi connectivity index (χ1v) is 5.35. The predicted octanol–water partition coefficient (Wildman–Crippen LogP) is -1.40. The van der Waals surface area contributed by atoms with E-state index in [0.717, 1.165) is 13.1 Å². The van der Waals surface area contributed by atoms with Crippen LogP contribution in [-0.2, 0) is 9.59 Å². The fourth-order valence-electron chi connectivity index (χ4n) is 1.17. The summed E-state index contributed by atoms with van der Waals surface area (Å²) in [5.74, 6) is -0.567. The van der Waals surface area contributed by atoms with Crippen LogP contribution in [0.3, 0.4) is 0 Å². The van der Waals surface area contributed by atoms with Crippen LogP contribution in [0.2, 0.25) is 0 Å². The number of primary amides is 2. The van der Waals surface area contributed by atoms with Crippen LogP contribution in [0.15, 0.2) is 0 Å². The minimum absolute atomic E-state index is 0.283. The van der Waals surface area contributed by atoms with Crippen molar-refractivity contribution in [3.05, 3.63) is 0 Å². The van der Waals surface area contributed by atoms with E-state index in [2.05, 4.69) is 0 Å². The van der Waals surface area contributed by atoms with E-state index >= 15 is 0 Å². The van der Waals surface area contributed by atoms with Crippen LogP contribution < -0.4 is 11.5 Å². The molecule has 2 amide bonds. The van der Waals surface area contributed by atoms with Gasteiger partial charge in [-0.25, -0.2) is 0 Å². The van der Waals surface area contributed by atoms with Gasteiger partial charge in [-0.15, -0.1) is 0 Å².